The maximum absolute atomic E-state index is 10.4. The molecule has 4 rings (SSSR count). The van der Waals surface area contributed by atoms with Crippen molar-refractivity contribution in [3.05, 3.63) is 0 Å². The summed E-state index contributed by atoms with van der Waals surface area (Å²) < 4.78 is 24.6. The van der Waals surface area contributed by atoms with Gasteiger partial charge in [-0.1, -0.05) is 41.5 Å². The maximum Gasteiger partial charge on any atom is 0.0627 e. The van der Waals surface area contributed by atoms with Gasteiger partial charge in [-0.05, 0) is 228 Å². The summed E-state index contributed by atoms with van der Waals surface area (Å²) in [5.74, 6) is 0. The van der Waals surface area contributed by atoms with Gasteiger partial charge in [-0.2, -0.15) is 20.3 Å². The topological polar surface area (TPSA) is 131 Å². The van der Waals surface area contributed by atoms with Gasteiger partial charge in [0.05, 0.1) is 47.8 Å². The molecule has 4 heterocycles. The van der Waals surface area contributed by atoms with Crippen LogP contribution in [0.4, 0.5) is 0 Å². The Kier molecular flexibility index (Phi) is 23.8. The van der Waals surface area contributed by atoms with E-state index in [1.165, 1.54) is 10.1 Å². The fourth-order valence-electron chi connectivity index (χ4n) is 11.3. The zero-order chi connectivity index (χ0) is 53.5. The minimum absolute atomic E-state index is 0.0749. The molecule has 0 aromatic carbocycles. The Morgan fingerprint density at radius 2 is 0.618 bits per heavy atom. The minimum Gasteiger partial charge on any atom is -0.375 e. The summed E-state index contributed by atoms with van der Waals surface area (Å²) in [5, 5.41) is 47.2. The van der Waals surface area contributed by atoms with Crippen molar-refractivity contribution in [3.8, 4) is 0 Å². The number of hydroxylamine groups is 8. The van der Waals surface area contributed by atoms with Crippen molar-refractivity contribution < 1.29 is 39.8 Å². The number of rotatable bonds is 14. The predicted molar refractivity (Wildman–Crippen MR) is 281 cm³/mol. The molecule has 68 heavy (non-hydrogen) atoms. The fraction of sp³-hybridized carbons (Fsp3) is 1.00. The Labute approximate surface area is 420 Å². The monoisotopic (exact) mass is 973 g/mol. The highest BCUT2D eigenvalue weighted by Gasteiger charge is 2.50. The van der Waals surface area contributed by atoms with Crippen LogP contribution >= 0.6 is 0 Å². The lowest BCUT2D eigenvalue weighted by Gasteiger charge is -2.53. The molecule has 0 aliphatic carbocycles. The first kappa shape index (κ1) is 65.5. The first-order chi connectivity index (χ1) is 30.5. The van der Waals surface area contributed by atoms with Gasteiger partial charge in [-0.25, -0.2) is 0 Å². The van der Waals surface area contributed by atoms with E-state index in [4.69, 9.17) is 18.9 Å². The van der Waals surface area contributed by atoms with Gasteiger partial charge < -0.3 is 39.8 Å². The second-order valence-electron chi connectivity index (χ2n) is 27.1. The summed E-state index contributed by atoms with van der Waals surface area (Å²) in [7, 11) is 0. The molecule has 6 unspecified atom stereocenters. The molecule has 6 atom stereocenters. The molecule has 4 aliphatic heterocycles. The molecule has 4 saturated heterocycles. The summed E-state index contributed by atoms with van der Waals surface area (Å²) in [6.45, 7) is 54.9. The average molecular weight is 974 g/mol. The third-order valence-electron chi connectivity index (χ3n) is 16.4. The van der Waals surface area contributed by atoms with Crippen molar-refractivity contribution in [1.82, 2.24) is 20.3 Å². The molecule has 0 bridgehead atoms. The number of ether oxygens (including phenoxy) is 4. The lowest BCUT2D eigenvalue weighted by molar-refractivity contribution is -0.274. The van der Waals surface area contributed by atoms with E-state index in [0.717, 1.165) is 89.9 Å². The molecule has 0 saturated carbocycles. The minimum atomic E-state index is -0.226. The van der Waals surface area contributed by atoms with Crippen LogP contribution in [0.3, 0.4) is 0 Å². The number of hydrogen-bond donors (Lipinski definition) is 4. The van der Waals surface area contributed by atoms with Crippen LogP contribution in [-0.4, -0.2) is 133 Å². The van der Waals surface area contributed by atoms with Crippen LogP contribution in [0.25, 0.3) is 0 Å². The summed E-state index contributed by atoms with van der Waals surface area (Å²) in [6.07, 6.45) is 14.6. The van der Waals surface area contributed by atoms with Crippen molar-refractivity contribution in [1.29, 1.82) is 0 Å². The van der Waals surface area contributed by atoms with Crippen molar-refractivity contribution in [3.63, 3.8) is 0 Å². The van der Waals surface area contributed by atoms with Crippen LogP contribution in [0.15, 0.2) is 0 Å². The van der Waals surface area contributed by atoms with Crippen LogP contribution < -0.4 is 0 Å². The zero-order valence-corrected chi connectivity index (χ0v) is 49.6. The van der Waals surface area contributed by atoms with Crippen molar-refractivity contribution >= 4 is 0 Å². The number of hydrogen-bond acceptors (Lipinski definition) is 12. The van der Waals surface area contributed by atoms with Crippen molar-refractivity contribution in [2.24, 2.45) is 0 Å². The quantitative estimate of drug-likeness (QED) is 0.132. The largest absolute Gasteiger partial charge is 0.375 e. The van der Waals surface area contributed by atoms with Gasteiger partial charge in [0.1, 0.15) is 0 Å². The lowest BCUT2D eigenvalue weighted by Crippen LogP contribution is -2.62. The first-order valence-corrected chi connectivity index (χ1v) is 27.1. The summed E-state index contributed by atoms with van der Waals surface area (Å²) in [4.78, 5) is 0. The number of nitrogens with zero attached hydrogens (tertiary/aromatic N) is 4. The van der Waals surface area contributed by atoms with E-state index in [-0.39, 0.29) is 79.9 Å². The predicted octanol–water partition coefficient (Wildman–Crippen LogP) is 14.4. The van der Waals surface area contributed by atoms with Gasteiger partial charge in [0.2, 0.25) is 0 Å². The molecule has 408 valence electrons. The van der Waals surface area contributed by atoms with Crippen LogP contribution in [0.2, 0.25) is 0 Å². The van der Waals surface area contributed by atoms with Crippen molar-refractivity contribution in [2.45, 2.75) is 362 Å². The molecular formula is C56H116N4O8. The maximum atomic E-state index is 10.4. The van der Waals surface area contributed by atoms with E-state index in [9.17, 15) is 20.8 Å². The van der Waals surface area contributed by atoms with E-state index in [1.807, 2.05) is 0 Å². The molecule has 0 aromatic heterocycles. The molecule has 12 heteroatoms. The molecule has 12 nitrogen and oxygen atoms in total. The normalized spacial score (nSPS) is 31.0. The van der Waals surface area contributed by atoms with Gasteiger partial charge in [0.25, 0.3) is 0 Å². The Balaban J connectivity index is 0.000000454. The molecule has 0 aromatic rings. The Hall–Kier alpha value is -0.480. The smallest absolute Gasteiger partial charge is 0.0627 e. The van der Waals surface area contributed by atoms with Crippen molar-refractivity contribution in [2.75, 3.05) is 0 Å². The van der Waals surface area contributed by atoms with Gasteiger partial charge in [-0.3, -0.25) is 0 Å². The fourth-order valence-corrected chi connectivity index (χ4v) is 11.3. The van der Waals surface area contributed by atoms with E-state index >= 15 is 0 Å². The Morgan fingerprint density at radius 1 is 0.397 bits per heavy atom. The highest BCUT2D eigenvalue weighted by molar-refractivity contribution is 5.01. The molecule has 0 radical (unpaired) electrons. The highest BCUT2D eigenvalue weighted by atomic mass is 16.5. The molecule has 4 aliphatic rings. The first-order valence-electron chi connectivity index (χ1n) is 27.1. The second-order valence-corrected chi connectivity index (χ2v) is 27.1. The Bertz CT molecular complexity index is 1440. The van der Waals surface area contributed by atoms with Crippen LogP contribution in [0.5, 0.6) is 0 Å². The third kappa shape index (κ3) is 18.5. The summed E-state index contributed by atoms with van der Waals surface area (Å²) in [6, 6.07) is 0. The van der Waals surface area contributed by atoms with Gasteiger partial charge >= 0.3 is 0 Å². The van der Waals surface area contributed by atoms with E-state index < -0.39 is 0 Å². The molecule has 0 amide bonds. The number of piperidine rings is 4. The van der Waals surface area contributed by atoms with Gasteiger partial charge in [-0.15, -0.1) is 0 Å². The molecular weight excluding hydrogens is 857 g/mol. The standard InChI is InChI=1S/C15H31NO2.2C14H29NO2.C13H27NO2/c1-8-14(5,6)18-12-10-13(3,4)16(17)15(7,9-2)11-12;1-8-14(6,7)17-11-9-12(2,3)15(16)13(4,5)10-11;1-7-11(3)17-12-9-13(4,5)15(16)14(6,8-2)10-12;1-7-10(2)16-11-8-12(3,4)14(15)13(5,6)9-11/h12,17H,8-11H2,1-7H3;11,16H,8-10H2,1-7H3;11-12,16H,7-10H2,1-6H3;10-11,15H,7-9H2,1-6H3. The van der Waals surface area contributed by atoms with E-state index in [1.54, 1.807) is 10.1 Å². The molecule has 4 N–H and O–H groups in total. The molecule has 0 spiro atoms. The Morgan fingerprint density at radius 3 is 0.868 bits per heavy atom. The van der Waals surface area contributed by atoms with Crippen LogP contribution in [0, 0.1) is 0 Å². The highest BCUT2D eigenvalue weighted by Crippen LogP contribution is 2.44. The zero-order valence-electron chi connectivity index (χ0n) is 49.6. The van der Waals surface area contributed by atoms with Gasteiger partial charge in [0, 0.05) is 44.3 Å². The summed E-state index contributed by atoms with van der Waals surface area (Å²) >= 11 is 0. The second kappa shape index (κ2) is 24.7. The average Bonchev–Trinajstić information content (AvgIpc) is 3.19. The lowest BCUT2D eigenvalue weighted by atomic mass is 9.77. The summed E-state index contributed by atoms with van der Waals surface area (Å²) in [5.41, 5.74) is -1.80. The third-order valence-corrected chi connectivity index (χ3v) is 16.4. The van der Waals surface area contributed by atoms with Crippen LogP contribution in [-0.2, 0) is 18.9 Å². The SMILES string of the molecule is CCC(C)(C)OC1CC(C)(C)N(O)C(C)(C)C1.CCC(C)(C)OC1CC(C)(C)N(O)C(C)(CC)C1.CCC(C)OC1CC(C)(C)N(O)C(C)(C)C1.CCC(C)OC1CC(C)(C)N(O)C(C)(CC)C1. The van der Waals surface area contributed by atoms with E-state index in [0.29, 0.717) is 12.2 Å². The van der Waals surface area contributed by atoms with Gasteiger partial charge in [0.15, 0.2) is 0 Å². The molecule has 4 fully saturated rings. The van der Waals surface area contributed by atoms with E-state index in [2.05, 4.69) is 180 Å². The van der Waals surface area contributed by atoms with Crippen LogP contribution in [0.1, 0.15) is 270 Å².